The first-order valence-electron chi connectivity index (χ1n) is 9.59. The van der Waals surface area contributed by atoms with Crippen LogP contribution in [0.5, 0.6) is 0 Å². The molecule has 8 heteroatoms. The summed E-state index contributed by atoms with van der Waals surface area (Å²) in [4.78, 5) is 8.66. The van der Waals surface area contributed by atoms with Gasteiger partial charge in [-0.05, 0) is 42.5 Å². The third-order valence-electron chi connectivity index (χ3n) is 5.07. The van der Waals surface area contributed by atoms with Gasteiger partial charge in [0.15, 0.2) is 0 Å². The molecule has 0 bridgehead atoms. The van der Waals surface area contributed by atoms with Crippen LogP contribution in [0.25, 0.3) is 0 Å². The van der Waals surface area contributed by atoms with Gasteiger partial charge in [0.05, 0.1) is 27.9 Å². The molecule has 3 aromatic rings. The second-order valence-electron chi connectivity index (χ2n) is 6.94. The molecular formula is C22H21N5O2S. The molecule has 1 aromatic heterocycles. The van der Waals surface area contributed by atoms with E-state index >= 15 is 0 Å². The van der Waals surface area contributed by atoms with Gasteiger partial charge in [-0.1, -0.05) is 18.2 Å². The van der Waals surface area contributed by atoms with Crippen molar-refractivity contribution in [1.29, 1.82) is 5.26 Å². The number of hydrogen-bond donors (Lipinski definition) is 1. The van der Waals surface area contributed by atoms with Gasteiger partial charge in [0.25, 0.3) is 10.0 Å². The standard InChI is InChI=1S/C22H21N5O2S/c23-17-18-6-7-22(21(16-18)25-30(28,29)20-4-2-1-3-5-20)27-14-12-26(13-15-27)19-8-10-24-11-9-19/h1-11,16,25H,12-15H2. The van der Waals surface area contributed by atoms with Gasteiger partial charge in [-0.2, -0.15) is 5.26 Å². The number of nitriles is 1. The molecule has 0 amide bonds. The van der Waals surface area contributed by atoms with E-state index in [4.69, 9.17) is 0 Å². The molecule has 2 heterocycles. The molecule has 0 unspecified atom stereocenters. The second kappa shape index (κ2) is 8.43. The van der Waals surface area contributed by atoms with Crippen molar-refractivity contribution in [1.82, 2.24) is 4.98 Å². The lowest BCUT2D eigenvalue weighted by atomic mass is 10.1. The van der Waals surface area contributed by atoms with Crippen LogP contribution >= 0.6 is 0 Å². The van der Waals surface area contributed by atoms with Crippen molar-refractivity contribution >= 4 is 27.1 Å². The molecule has 1 N–H and O–H groups in total. The molecule has 1 aliphatic heterocycles. The van der Waals surface area contributed by atoms with Gasteiger partial charge in [0.1, 0.15) is 0 Å². The predicted octanol–water partition coefficient (Wildman–Crippen LogP) is 3.08. The summed E-state index contributed by atoms with van der Waals surface area (Å²) in [5.41, 5.74) is 2.70. The topological polar surface area (TPSA) is 89.3 Å². The van der Waals surface area contributed by atoms with Crippen LogP contribution in [0.15, 0.2) is 78.0 Å². The number of piperazine rings is 1. The minimum Gasteiger partial charge on any atom is -0.368 e. The largest absolute Gasteiger partial charge is 0.368 e. The molecule has 0 atom stereocenters. The first kappa shape index (κ1) is 19.7. The Morgan fingerprint density at radius 2 is 1.57 bits per heavy atom. The summed E-state index contributed by atoms with van der Waals surface area (Å²) in [7, 11) is -3.76. The molecule has 4 rings (SSSR count). The number of pyridine rings is 1. The summed E-state index contributed by atoms with van der Waals surface area (Å²) in [6.45, 7) is 3.06. The van der Waals surface area contributed by atoms with E-state index in [0.29, 0.717) is 11.3 Å². The Labute approximate surface area is 176 Å². The number of nitrogens with one attached hydrogen (secondary N) is 1. The van der Waals surface area contributed by atoms with E-state index in [1.54, 1.807) is 54.9 Å². The summed E-state index contributed by atoms with van der Waals surface area (Å²) in [6, 6.07) is 19.4. The molecule has 0 aliphatic carbocycles. The number of rotatable bonds is 5. The maximum Gasteiger partial charge on any atom is 0.261 e. The van der Waals surface area contributed by atoms with Crippen LogP contribution < -0.4 is 14.5 Å². The number of anilines is 3. The fourth-order valence-electron chi connectivity index (χ4n) is 3.53. The van der Waals surface area contributed by atoms with Crippen LogP contribution in [0.1, 0.15) is 5.56 Å². The van der Waals surface area contributed by atoms with E-state index in [1.807, 2.05) is 18.2 Å². The van der Waals surface area contributed by atoms with Gasteiger partial charge in [-0.25, -0.2) is 8.42 Å². The Balaban J connectivity index is 1.58. The lowest BCUT2D eigenvalue weighted by molar-refractivity contribution is 0.601. The lowest BCUT2D eigenvalue weighted by Gasteiger charge is -2.38. The molecule has 0 saturated carbocycles. The summed E-state index contributed by atoms with van der Waals surface area (Å²) in [6.07, 6.45) is 3.55. The number of benzene rings is 2. The van der Waals surface area contributed by atoms with Gasteiger partial charge in [0, 0.05) is 44.3 Å². The fourth-order valence-corrected chi connectivity index (χ4v) is 4.61. The molecule has 2 aromatic carbocycles. The Morgan fingerprint density at radius 1 is 0.900 bits per heavy atom. The van der Waals surface area contributed by atoms with Crippen LogP contribution in [0, 0.1) is 11.3 Å². The predicted molar refractivity (Wildman–Crippen MR) is 117 cm³/mol. The van der Waals surface area contributed by atoms with Crippen molar-refractivity contribution in [3.63, 3.8) is 0 Å². The van der Waals surface area contributed by atoms with Crippen LogP contribution in [0.3, 0.4) is 0 Å². The average molecular weight is 420 g/mol. The van der Waals surface area contributed by atoms with E-state index in [0.717, 1.165) is 37.6 Å². The average Bonchev–Trinajstić information content (AvgIpc) is 2.80. The van der Waals surface area contributed by atoms with Crippen LogP contribution in [-0.4, -0.2) is 39.6 Å². The lowest BCUT2D eigenvalue weighted by Crippen LogP contribution is -2.46. The minimum atomic E-state index is -3.76. The van der Waals surface area contributed by atoms with E-state index in [2.05, 4.69) is 25.6 Å². The van der Waals surface area contributed by atoms with Crippen molar-refractivity contribution in [2.45, 2.75) is 4.90 Å². The van der Waals surface area contributed by atoms with Gasteiger partial charge in [-0.3, -0.25) is 9.71 Å². The van der Waals surface area contributed by atoms with Crippen molar-refractivity contribution in [2.75, 3.05) is 40.7 Å². The van der Waals surface area contributed by atoms with E-state index in [1.165, 1.54) is 0 Å². The first-order chi connectivity index (χ1) is 14.6. The zero-order valence-electron chi connectivity index (χ0n) is 16.3. The van der Waals surface area contributed by atoms with Gasteiger partial charge >= 0.3 is 0 Å². The highest BCUT2D eigenvalue weighted by atomic mass is 32.2. The molecule has 1 aliphatic rings. The maximum absolute atomic E-state index is 12.8. The molecule has 1 fully saturated rings. The zero-order chi connectivity index (χ0) is 21.0. The Bertz CT molecular complexity index is 1150. The summed E-state index contributed by atoms with van der Waals surface area (Å²) >= 11 is 0. The van der Waals surface area contributed by atoms with Gasteiger partial charge in [-0.15, -0.1) is 0 Å². The van der Waals surface area contributed by atoms with E-state index < -0.39 is 10.0 Å². The number of hydrogen-bond acceptors (Lipinski definition) is 6. The quantitative estimate of drug-likeness (QED) is 0.684. The summed E-state index contributed by atoms with van der Waals surface area (Å²) in [5, 5.41) is 9.29. The highest BCUT2D eigenvalue weighted by Gasteiger charge is 2.22. The van der Waals surface area contributed by atoms with Gasteiger partial charge in [0.2, 0.25) is 0 Å². The normalized spacial score (nSPS) is 14.2. The summed E-state index contributed by atoms with van der Waals surface area (Å²) in [5.74, 6) is 0. The fraction of sp³-hybridized carbons (Fsp3) is 0.182. The van der Waals surface area contributed by atoms with Crippen LogP contribution in [-0.2, 0) is 10.0 Å². The monoisotopic (exact) mass is 419 g/mol. The number of aromatic nitrogens is 1. The zero-order valence-corrected chi connectivity index (χ0v) is 17.1. The second-order valence-corrected chi connectivity index (χ2v) is 8.62. The van der Waals surface area contributed by atoms with Gasteiger partial charge < -0.3 is 9.80 Å². The van der Waals surface area contributed by atoms with Crippen molar-refractivity contribution in [3.05, 3.63) is 78.6 Å². The third-order valence-corrected chi connectivity index (χ3v) is 6.45. The van der Waals surface area contributed by atoms with Crippen molar-refractivity contribution < 1.29 is 8.42 Å². The molecule has 30 heavy (non-hydrogen) atoms. The molecule has 152 valence electrons. The maximum atomic E-state index is 12.8. The molecule has 1 saturated heterocycles. The van der Waals surface area contributed by atoms with Crippen molar-refractivity contribution in [2.24, 2.45) is 0 Å². The van der Waals surface area contributed by atoms with Crippen LogP contribution in [0.4, 0.5) is 17.1 Å². The number of nitrogens with zero attached hydrogens (tertiary/aromatic N) is 4. The Hall–Kier alpha value is -3.57. The third kappa shape index (κ3) is 4.21. The van der Waals surface area contributed by atoms with Crippen LogP contribution in [0.2, 0.25) is 0 Å². The SMILES string of the molecule is N#Cc1ccc(N2CCN(c3ccncc3)CC2)c(NS(=O)(=O)c2ccccc2)c1. The highest BCUT2D eigenvalue weighted by Crippen LogP contribution is 2.31. The molecule has 0 radical (unpaired) electrons. The minimum absolute atomic E-state index is 0.181. The van der Waals surface area contributed by atoms with E-state index in [-0.39, 0.29) is 4.90 Å². The Kier molecular flexibility index (Phi) is 5.55. The Morgan fingerprint density at radius 3 is 2.23 bits per heavy atom. The number of sulfonamides is 1. The summed E-state index contributed by atoms with van der Waals surface area (Å²) < 4.78 is 28.4. The smallest absolute Gasteiger partial charge is 0.261 e. The molecule has 7 nitrogen and oxygen atoms in total. The first-order valence-corrected chi connectivity index (χ1v) is 11.1. The molecule has 0 spiro atoms. The molecular weight excluding hydrogens is 398 g/mol. The van der Waals surface area contributed by atoms with Crippen molar-refractivity contribution in [3.8, 4) is 6.07 Å². The van der Waals surface area contributed by atoms with E-state index in [9.17, 15) is 13.7 Å². The highest BCUT2D eigenvalue weighted by molar-refractivity contribution is 7.92.